The molecule has 0 saturated heterocycles. The third-order valence-electron chi connectivity index (χ3n) is 2.62. The van der Waals surface area contributed by atoms with Gasteiger partial charge in [-0.3, -0.25) is 10.1 Å². The van der Waals surface area contributed by atoms with E-state index in [1.165, 1.54) is 0 Å². The highest BCUT2D eigenvalue weighted by atomic mass is 16.6. The zero-order chi connectivity index (χ0) is 13.2. The van der Waals surface area contributed by atoms with Crippen LogP contribution in [0, 0.1) is 23.0 Å². The van der Waals surface area contributed by atoms with Gasteiger partial charge >= 0.3 is 5.69 Å². The van der Waals surface area contributed by atoms with Crippen LogP contribution in [-0.4, -0.2) is 20.9 Å². The molecule has 0 spiro atoms. The molecule has 0 aromatic carbocycles. The highest BCUT2D eigenvalue weighted by Gasteiger charge is 2.23. The molecule has 1 rings (SSSR count). The van der Waals surface area contributed by atoms with E-state index in [9.17, 15) is 10.1 Å². The Labute approximate surface area is 99.6 Å². The molecule has 1 unspecified atom stereocenters. The maximum Gasteiger partial charge on any atom is 0.332 e. The highest BCUT2D eigenvalue weighted by Crippen LogP contribution is 2.26. The summed E-state index contributed by atoms with van der Waals surface area (Å²) in [5.41, 5.74) is 5.64. The second-order valence-electron chi connectivity index (χ2n) is 4.30. The van der Waals surface area contributed by atoms with Crippen LogP contribution < -0.4 is 11.1 Å². The molecule has 0 bridgehead atoms. The molecule has 0 aliphatic rings. The summed E-state index contributed by atoms with van der Waals surface area (Å²) in [6.45, 7) is 7.51. The molecule has 0 saturated carbocycles. The maximum absolute atomic E-state index is 10.9. The van der Waals surface area contributed by atoms with Crippen LogP contribution in [0.25, 0.3) is 0 Å². The summed E-state index contributed by atoms with van der Waals surface area (Å²) in [6.07, 6.45) is 0. The van der Waals surface area contributed by atoms with E-state index in [-0.39, 0.29) is 29.2 Å². The molecule has 7 heteroatoms. The summed E-state index contributed by atoms with van der Waals surface area (Å²) in [5.74, 6) is 0.541. The Morgan fingerprint density at radius 2 is 1.94 bits per heavy atom. The van der Waals surface area contributed by atoms with Crippen molar-refractivity contribution in [1.82, 2.24) is 9.97 Å². The first-order chi connectivity index (χ1) is 7.82. The molecule has 1 atom stereocenters. The first kappa shape index (κ1) is 13.1. The second kappa shape index (κ2) is 4.94. The molecule has 0 fully saturated rings. The van der Waals surface area contributed by atoms with E-state index in [2.05, 4.69) is 15.3 Å². The lowest BCUT2D eigenvalue weighted by atomic mass is 10.1. The number of nitrogens with two attached hydrogens (primary N) is 1. The van der Waals surface area contributed by atoms with E-state index in [4.69, 9.17) is 5.73 Å². The highest BCUT2D eigenvalue weighted by molar-refractivity contribution is 5.60. The Morgan fingerprint density at radius 1 is 1.35 bits per heavy atom. The average Bonchev–Trinajstić information content (AvgIpc) is 2.14. The van der Waals surface area contributed by atoms with Gasteiger partial charge in [-0.2, -0.15) is 4.98 Å². The molecule has 1 aromatic heterocycles. The Morgan fingerprint density at radius 3 is 2.41 bits per heavy atom. The van der Waals surface area contributed by atoms with Gasteiger partial charge in [0, 0.05) is 6.04 Å². The third-order valence-corrected chi connectivity index (χ3v) is 2.62. The molecule has 0 amide bonds. The van der Waals surface area contributed by atoms with Crippen LogP contribution in [0.3, 0.4) is 0 Å². The predicted molar refractivity (Wildman–Crippen MR) is 65.8 cm³/mol. The van der Waals surface area contributed by atoms with Crippen molar-refractivity contribution in [2.24, 2.45) is 5.92 Å². The number of hydrogen-bond donors (Lipinski definition) is 2. The molecular weight excluding hydrogens is 222 g/mol. The number of nitrogens with one attached hydrogen (secondary N) is 1. The van der Waals surface area contributed by atoms with Gasteiger partial charge in [0.05, 0.1) is 4.92 Å². The van der Waals surface area contributed by atoms with Gasteiger partial charge in [-0.25, -0.2) is 4.98 Å². The van der Waals surface area contributed by atoms with Crippen molar-refractivity contribution < 1.29 is 4.92 Å². The standard InChI is InChI=1S/C10H17N5O2/c1-5(2)6(3)12-9-8(15(16)17)7(4)13-10(11)14-9/h5-6H,1-4H3,(H3,11,12,13,14). The summed E-state index contributed by atoms with van der Waals surface area (Å²) < 4.78 is 0. The maximum atomic E-state index is 10.9. The topological polar surface area (TPSA) is 107 Å². The van der Waals surface area contributed by atoms with Gasteiger partial charge in [-0.15, -0.1) is 0 Å². The number of rotatable bonds is 4. The van der Waals surface area contributed by atoms with E-state index in [0.717, 1.165) is 0 Å². The van der Waals surface area contributed by atoms with Crippen LogP contribution in [0.1, 0.15) is 26.5 Å². The molecule has 94 valence electrons. The molecule has 0 aliphatic heterocycles. The van der Waals surface area contributed by atoms with Crippen LogP contribution in [0.2, 0.25) is 0 Å². The summed E-state index contributed by atoms with van der Waals surface area (Å²) in [7, 11) is 0. The lowest BCUT2D eigenvalue weighted by Gasteiger charge is -2.18. The fraction of sp³-hybridized carbons (Fsp3) is 0.600. The fourth-order valence-corrected chi connectivity index (χ4v) is 1.29. The number of aromatic nitrogens is 2. The number of nitrogens with zero attached hydrogens (tertiary/aromatic N) is 3. The number of nitro groups is 1. The summed E-state index contributed by atoms with van der Waals surface area (Å²) in [6, 6.07) is 0.0578. The first-order valence-electron chi connectivity index (χ1n) is 5.38. The first-order valence-corrected chi connectivity index (χ1v) is 5.38. The second-order valence-corrected chi connectivity index (χ2v) is 4.30. The zero-order valence-electron chi connectivity index (χ0n) is 10.4. The molecule has 3 N–H and O–H groups in total. The zero-order valence-corrected chi connectivity index (χ0v) is 10.4. The van der Waals surface area contributed by atoms with Gasteiger partial charge in [0.2, 0.25) is 11.8 Å². The van der Waals surface area contributed by atoms with Crippen LogP contribution in [0.4, 0.5) is 17.5 Å². The van der Waals surface area contributed by atoms with Crippen molar-refractivity contribution >= 4 is 17.5 Å². The average molecular weight is 239 g/mol. The fourth-order valence-electron chi connectivity index (χ4n) is 1.29. The van der Waals surface area contributed by atoms with Crippen LogP contribution in [-0.2, 0) is 0 Å². The summed E-state index contributed by atoms with van der Waals surface area (Å²) in [4.78, 5) is 18.1. The molecule has 7 nitrogen and oxygen atoms in total. The quantitative estimate of drug-likeness (QED) is 0.612. The Kier molecular flexibility index (Phi) is 3.82. The number of anilines is 2. The normalized spacial score (nSPS) is 12.5. The van der Waals surface area contributed by atoms with Gasteiger partial charge in [0.1, 0.15) is 5.69 Å². The van der Waals surface area contributed by atoms with Gasteiger partial charge < -0.3 is 11.1 Å². The van der Waals surface area contributed by atoms with E-state index in [0.29, 0.717) is 5.92 Å². The largest absolute Gasteiger partial charge is 0.368 e. The van der Waals surface area contributed by atoms with Crippen molar-refractivity contribution in [2.75, 3.05) is 11.1 Å². The van der Waals surface area contributed by atoms with Crippen molar-refractivity contribution in [3.05, 3.63) is 15.8 Å². The van der Waals surface area contributed by atoms with Gasteiger partial charge in [-0.1, -0.05) is 13.8 Å². The monoisotopic (exact) mass is 239 g/mol. The molecule has 1 heterocycles. The summed E-state index contributed by atoms with van der Waals surface area (Å²) in [5, 5.41) is 14.0. The Balaban J connectivity index is 3.17. The smallest absolute Gasteiger partial charge is 0.332 e. The lowest BCUT2D eigenvalue weighted by Crippen LogP contribution is -2.23. The van der Waals surface area contributed by atoms with Crippen LogP contribution in [0.15, 0.2) is 0 Å². The van der Waals surface area contributed by atoms with Crippen molar-refractivity contribution in [3.8, 4) is 0 Å². The molecular formula is C10H17N5O2. The minimum absolute atomic E-state index is 0.0338. The van der Waals surface area contributed by atoms with Crippen LogP contribution >= 0.6 is 0 Å². The van der Waals surface area contributed by atoms with E-state index >= 15 is 0 Å². The van der Waals surface area contributed by atoms with Crippen molar-refractivity contribution in [3.63, 3.8) is 0 Å². The van der Waals surface area contributed by atoms with E-state index < -0.39 is 4.92 Å². The number of aryl methyl sites for hydroxylation is 1. The third kappa shape index (κ3) is 3.02. The molecule has 0 radical (unpaired) electrons. The number of hydrogen-bond acceptors (Lipinski definition) is 6. The molecule has 1 aromatic rings. The van der Waals surface area contributed by atoms with Crippen LogP contribution in [0.5, 0.6) is 0 Å². The SMILES string of the molecule is Cc1nc(N)nc(NC(C)C(C)C)c1[N+](=O)[O-]. The van der Waals surface area contributed by atoms with Gasteiger partial charge in [0.15, 0.2) is 0 Å². The van der Waals surface area contributed by atoms with Crippen molar-refractivity contribution in [2.45, 2.75) is 33.7 Å². The van der Waals surface area contributed by atoms with E-state index in [1.54, 1.807) is 6.92 Å². The Bertz CT molecular complexity index is 433. The minimum atomic E-state index is -0.496. The van der Waals surface area contributed by atoms with E-state index in [1.807, 2.05) is 20.8 Å². The molecule has 0 aliphatic carbocycles. The predicted octanol–water partition coefficient (Wildman–Crippen LogP) is 1.73. The number of nitrogen functional groups attached to an aromatic ring is 1. The van der Waals surface area contributed by atoms with Gasteiger partial charge in [0.25, 0.3) is 0 Å². The summed E-state index contributed by atoms with van der Waals surface area (Å²) >= 11 is 0. The van der Waals surface area contributed by atoms with Crippen molar-refractivity contribution in [1.29, 1.82) is 0 Å². The molecule has 17 heavy (non-hydrogen) atoms. The minimum Gasteiger partial charge on any atom is -0.368 e. The van der Waals surface area contributed by atoms with Gasteiger partial charge in [-0.05, 0) is 19.8 Å². The lowest BCUT2D eigenvalue weighted by molar-refractivity contribution is -0.385. The Hall–Kier alpha value is -1.92.